The smallest absolute Gasteiger partial charge is 0.181 e. The number of benzene rings is 1. The number of hydrogen-bond acceptors (Lipinski definition) is 7. The summed E-state index contributed by atoms with van der Waals surface area (Å²) in [6, 6.07) is 1.47. The Labute approximate surface area is 157 Å². The predicted octanol–water partition coefficient (Wildman–Crippen LogP) is 1.95. The molecular weight excluding hydrogens is 370 g/mol. The molecule has 0 spiro atoms. The van der Waals surface area contributed by atoms with Gasteiger partial charge in [0.1, 0.15) is 13.0 Å². The largest absolute Gasteiger partial charge is 0.399 e. The number of nitrogens with zero attached hydrogens (tertiary/aromatic N) is 1. The molecule has 1 saturated carbocycles. The van der Waals surface area contributed by atoms with Crippen molar-refractivity contribution in [3.05, 3.63) is 28.3 Å². The van der Waals surface area contributed by atoms with E-state index in [1.165, 1.54) is 13.2 Å². The van der Waals surface area contributed by atoms with Crippen LogP contribution >= 0.6 is 0 Å². The van der Waals surface area contributed by atoms with Crippen molar-refractivity contribution in [1.82, 2.24) is 0 Å². The van der Waals surface area contributed by atoms with Crippen LogP contribution in [0, 0.1) is 19.8 Å². The van der Waals surface area contributed by atoms with E-state index < -0.39 is 21.5 Å². The van der Waals surface area contributed by atoms with E-state index in [9.17, 15) is 22.8 Å². The SMILES string of the molecule is CON=C1CCS(=O)(=O)c2c(C)cc(C(=O)C3C(=O)CCCC3=O)c(C)c21. The summed E-state index contributed by atoms with van der Waals surface area (Å²) < 4.78 is 25.2. The molecule has 27 heavy (non-hydrogen) atoms. The first-order valence-corrected chi connectivity index (χ1v) is 10.4. The van der Waals surface area contributed by atoms with E-state index in [1.807, 2.05) is 0 Å². The highest BCUT2D eigenvalue weighted by molar-refractivity contribution is 7.91. The minimum absolute atomic E-state index is 0.0879. The minimum Gasteiger partial charge on any atom is -0.399 e. The summed E-state index contributed by atoms with van der Waals surface area (Å²) in [4.78, 5) is 42.4. The van der Waals surface area contributed by atoms with Crippen LogP contribution in [0.25, 0.3) is 0 Å². The van der Waals surface area contributed by atoms with Crippen molar-refractivity contribution in [2.45, 2.75) is 44.4 Å². The van der Waals surface area contributed by atoms with Gasteiger partial charge >= 0.3 is 0 Å². The maximum Gasteiger partial charge on any atom is 0.181 e. The summed E-state index contributed by atoms with van der Waals surface area (Å²) in [5, 5.41) is 3.94. The van der Waals surface area contributed by atoms with Crippen LogP contribution in [-0.2, 0) is 24.3 Å². The average molecular weight is 391 g/mol. The summed E-state index contributed by atoms with van der Waals surface area (Å²) in [7, 11) is -2.15. The number of carbonyl (C=O) groups excluding carboxylic acids is 3. The van der Waals surface area contributed by atoms with Crippen LogP contribution in [0.15, 0.2) is 16.1 Å². The fourth-order valence-electron chi connectivity index (χ4n) is 3.91. The molecule has 1 aliphatic carbocycles. The van der Waals surface area contributed by atoms with Crippen LogP contribution in [0.5, 0.6) is 0 Å². The van der Waals surface area contributed by atoms with E-state index in [0.29, 0.717) is 28.8 Å². The molecule has 0 saturated heterocycles. The van der Waals surface area contributed by atoms with Crippen molar-refractivity contribution in [3.8, 4) is 0 Å². The van der Waals surface area contributed by atoms with Gasteiger partial charge in [-0.05, 0) is 37.5 Å². The fourth-order valence-corrected chi connectivity index (χ4v) is 5.71. The second-order valence-electron chi connectivity index (χ2n) is 6.94. The number of sulfone groups is 1. The Kier molecular flexibility index (Phi) is 5.03. The predicted molar refractivity (Wildman–Crippen MR) is 97.8 cm³/mol. The topological polar surface area (TPSA) is 107 Å². The lowest BCUT2D eigenvalue weighted by Crippen LogP contribution is -2.36. The molecule has 0 bridgehead atoms. The van der Waals surface area contributed by atoms with Gasteiger partial charge < -0.3 is 4.84 Å². The first-order valence-electron chi connectivity index (χ1n) is 8.76. The number of aryl methyl sites for hydroxylation is 1. The Morgan fingerprint density at radius 2 is 1.78 bits per heavy atom. The number of ketones is 3. The van der Waals surface area contributed by atoms with Crippen molar-refractivity contribution >= 4 is 32.9 Å². The second kappa shape index (κ2) is 6.99. The Morgan fingerprint density at radius 1 is 1.15 bits per heavy atom. The van der Waals surface area contributed by atoms with Gasteiger partial charge in [0.25, 0.3) is 0 Å². The number of fused-ring (bicyclic) bond motifs is 1. The van der Waals surface area contributed by atoms with E-state index >= 15 is 0 Å². The van der Waals surface area contributed by atoms with Gasteiger partial charge in [0.05, 0.1) is 16.4 Å². The lowest BCUT2D eigenvalue weighted by molar-refractivity contribution is -0.133. The van der Waals surface area contributed by atoms with Gasteiger partial charge in [0.2, 0.25) is 0 Å². The fraction of sp³-hybridized carbons (Fsp3) is 0.474. The molecule has 2 aliphatic rings. The molecule has 7 nitrogen and oxygen atoms in total. The molecule has 1 aromatic carbocycles. The van der Waals surface area contributed by atoms with E-state index in [-0.39, 0.29) is 47.0 Å². The zero-order valence-corrected chi connectivity index (χ0v) is 16.3. The third-order valence-corrected chi connectivity index (χ3v) is 7.04. The minimum atomic E-state index is -3.52. The molecule has 0 amide bonds. The number of rotatable bonds is 3. The molecule has 0 aromatic heterocycles. The molecule has 0 N–H and O–H groups in total. The lowest BCUT2D eigenvalue weighted by atomic mass is 9.79. The molecule has 0 atom stereocenters. The third kappa shape index (κ3) is 3.22. The molecule has 0 radical (unpaired) electrons. The summed E-state index contributed by atoms with van der Waals surface area (Å²) >= 11 is 0. The monoisotopic (exact) mass is 391 g/mol. The van der Waals surface area contributed by atoms with Gasteiger partial charge in [0, 0.05) is 30.4 Å². The van der Waals surface area contributed by atoms with E-state index in [0.717, 1.165) is 0 Å². The molecule has 3 rings (SSSR count). The van der Waals surface area contributed by atoms with E-state index in [4.69, 9.17) is 4.84 Å². The van der Waals surface area contributed by atoms with Crippen LogP contribution in [-0.4, -0.2) is 44.3 Å². The highest BCUT2D eigenvalue weighted by Crippen LogP contribution is 2.35. The first kappa shape index (κ1) is 19.4. The zero-order chi connectivity index (χ0) is 19.9. The second-order valence-corrected chi connectivity index (χ2v) is 8.99. The molecule has 1 heterocycles. The van der Waals surface area contributed by atoms with Crippen LogP contribution in [0.1, 0.15) is 52.7 Å². The number of oxime groups is 1. The van der Waals surface area contributed by atoms with E-state index in [1.54, 1.807) is 13.8 Å². The Hall–Kier alpha value is -2.35. The molecule has 1 aromatic rings. The molecule has 1 aliphatic heterocycles. The molecule has 1 fully saturated rings. The highest BCUT2D eigenvalue weighted by atomic mass is 32.2. The van der Waals surface area contributed by atoms with Crippen molar-refractivity contribution in [3.63, 3.8) is 0 Å². The van der Waals surface area contributed by atoms with Gasteiger partial charge in [-0.25, -0.2) is 8.42 Å². The van der Waals surface area contributed by atoms with Crippen LogP contribution < -0.4 is 0 Å². The zero-order valence-electron chi connectivity index (χ0n) is 15.5. The number of Topliss-reactive ketones (excluding diaryl/α,β-unsaturated/α-hetero) is 3. The molecule has 144 valence electrons. The van der Waals surface area contributed by atoms with Crippen LogP contribution in [0.2, 0.25) is 0 Å². The van der Waals surface area contributed by atoms with Crippen LogP contribution in [0.4, 0.5) is 0 Å². The van der Waals surface area contributed by atoms with Crippen molar-refractivity contribution in [2.24, 2.45) is 11.1 Å². The average Bonchev–Trinajstić information content (AvgIpc) is 2.59. The Morgan fingerprint density at radius 3 is 2.37 bits per heavy atom. The Balaban J connectivity index is 2.23. The van der Waals surface area contributed by atoms with Gasteiger partial charge in [-0.15, -0.1) is 0 Å². The highest BCUT2D eigenvalue weighted by Gasteiger charge is 2.39. The number of hydrogen-bond donors (Lipinski definition) is 0. The standard InChI is InChI=1S/C19H21NO6S/c1-10-9-12(18(23)17-14(21)5-4-6-15(17)22)11(2)16-13(20-26-3)7-8-27(24,25)19(10)16/h9,17H,4-8H2,1-3H3. The van der Waals surface area contributed by atoms with Crippen LogP contribution in [0.3, 0.4) is 0 Å². The Bertz CT molecular complexity index is 974. The quantitative estimate of drug-likeness (QED) is 0.443. The normalized spacial score (nSPS) is 21.2. The van der Waals surface area contributed by atoms with Crippen molar-refractivity contribution in [2.75, 3.05) is 12.9 Å². The van der Waals surface area contributed by atoms with Gasteiger partial charge in [-0.1, -0.05) is 5.16 Å². The maximum absolute atomic E-state index is 13.0. The van der Waals surface area contributed by atoms with Gasteiger partial charge in [-0.2, -0.15) is 0 Å². The molecule has 0 unspecified atom stereocenters. The molecule has 8 heteroatoms. The maximum atomic E-state index is 13.0. The molecular formula is C19H21NO6S. The lowest BCUT2D eigenvalue weighted by Gasteiger charge is -2.25. The van der Waals surface area contributed by atoms with E-state index in [2.05, 4.69) is 5.16 Å². The van der Waals surface area contributed by atoms with Crippen molar-refractivity contribution < 1.29 is 27.6 Å². The van der Waals surface area contributed by atoms with Gasteiger partial charge in [0.15, 0.2) is 27.2 Å². The van der Waals surface area contributed by atoms with Crippen molar-refractivity contribution in [1.29, 1.82) is 0 Å². The third-order valence-electron chi connectivity index (χ3n) is 5.15. The summed E-state index contributed by atoms with van der Waals surface area (Å²) in [6.07, 6.45) is 1.04. The van der Waals surface area contributed by atoms with Gasteiger partial charge in [-0.3, -0.25) is 14.4 Å². The summed E-state index contributed by atoms with van der Waals surface area (Å²) in [6.45, 7) is 3.22. The number of carbonyl (C=O) groups is 3. The summed E-state index contributed by atoms with van der Waals surface area (Å²) in [5.41, 5.74) is 1.80. The first-order chi connectivity index (χ1) is 12.7. The summed E-state index contributed by atoms with van der Waals surface area (Å²) in [5.74, 6) is -2.69.